The number of carbonyl (C=O) groups is 2. The van der Waals surface area contributed by atoms with Crippen molar-refractivity contribution in [2.24, 2.45) is 0 Å². The Morgan fingerprint density at radius 3 is 2.81 bits per heavy atom. The maximum absolute atomic E-state index is 11.5. The summed E-state index contributed by atoms with van der Waals surface area (Å²) >= 11 is 5.72. The number of carbonyl (C=O) groups excluding carboxylic acids is 1. The molecule has 0 bridgehead atoms. The first-order chi connectivity index (χ1) is 7.52. The van der Waals surface area contributed by atoms with Crippen LogP contribution in [0, 0.1) is 0 Å². The van der Waals surface area contributed by atoms with Gasteiger partial charge >= 0.3 is 5.97 Å². The van der Waals surface area contributed by atoms with Crippen molar-refractivity contribution in [3.05, 3.63) is 29.0 Å². The fraction of sp³-hybridized carbons (Fsp3) is 0.222. The molecule has 86 valence electrons. The second-order valence-electron chi connectivity index (χ2n) is 2.92. The highest BCUT2D eigenvalue weighted by molar-refractivity contribution is 6.33. The molecular weight excluding hydrogens is 236 g/mol. The van der Waals surface area contributed by atoms with E-state index in [1.54, 1.807) is 0 Å². The molecule has 1 rings (SSSR count). The van der Waals surface area contributed by atoms with Crippen molar-refractivity contribution in [2.45, 2.75) is 6.10 Å². The molecule has 0 saturated heterocycles. The number of hydrogen-bond donors (Lipinski definition) is 3. The number of amides is 1. The number of hydrogen-bond acceptors (Lipinski definition) is 4. The molecule has 1 unspecified atom stereocenters. The summed E-state index contributed by atoms with van der Waals surface area (Å²) in [6, 6.07) is 1.43. The molecule has 0 aliphatic carbocycles. The van der Waals surface area contributed by atoms with Gasteiger partial charge in [0.1, 0.15) is 0 Å². The van der Waals surface area contributed by atoms with Crippen LogP contribution in [0.15, 0.2) is 18.5 Å². The van der Waals surface area contributed by atoms with Crippen LogP contribution in [0.1, 0.15) is 10.4 Å². The van der Waals surface area contributed by atoms with Gasteiger partial charge in [0.25, 0.3) is 5.91 Å². The van der Waals surface area contributed by atoms with Gasteiger partial charge in [-0.15, -0.1) is 0 Å². The average Bonchev–Trinajstić information content (AvgIpc) is 2.25. The molecule has 1 heterocycles. The fourth-order valence-corrected chi connectivity index (χ4v) is 1.11. The molecule has 0 aromatic carbocycles. The summed E-state index contributed by atoms with van der Waals surface area (Å²) in [6.07, 6.45) is 1.04. The zero-order chi connectivity index (χ0) is 12.1. The summed E-state index contributed by atoms with van der Waals surface area (Å²) < 4.78 is 0. The third-order valence-electron chi connectivity index (χ3n) is 1.75. The Bertz CT molecular complexity index is 410. The van der Waals surface area contributed by atoms with E-state index in [4.69, 9.17) is 21.8 Å². The third-order valence-corrected chi connectivity index (χ3v) is 2.08. The van der Waals surface area contributed by atoms with E-state index in [1.165, 1.54) is 18.5 Å². The molecule has 1 atom stereocenters. The topological polar surface area (TPSA) is 99.5 Å². The SMILES string of the molecule is O=C(NCC(O)C(=O)O)c1cnccc1Cl. The van der Waals surface area contributed by atoms with E-state index < -0.39 is 18.0 Å². The monoisotopic (exact) mass is 244 g/mol. The number of rotatable bonds is 4. The summed E-state index contributed by atoms with van der Waals surface area (Å²) in [4.78, 5) is 25.4. The zero-order valence-corrected chi connectivity index (χ0v) is 8.81. The molecule has 0 fully saturated rings. The van der Waals surface area contributed by atoms with E-state index in [0.717, 1.165) is 0 Å². The lowest BCUT2D eigenvalue weighted by Gasteiger charge is -2.08. The minimum atomic E-state index is -1.64. The molecule has 0 aliphatic heterocycles. The predicted octanol–water partition coefficient (Wildman–Crippen LogP) is -0.0897. The van der Waals surface area contributed by atoms with E-state index in [0.29, 0.717) is 0 Å². The van der Waals surface area contributed by atoms with Crippen molar-refractivity contribution in [3.63, 3.8) is 0 Å². The molecule has 1 aromatic heterocycles. The molecular formula is C9H9ClN2O4. The Morgan fingerprint density at radius 2 is 2.25 bits per heavy atom. The Morgan fingerprint density at radius 1 is 1.56 bits per heavy atom. The number of aliphatic hydroxyl groups is 1. The Balaban J connectivity index is 2.60. The van der Waals surface area contributed by atoms with Crippen LogP contribution >= 0.6 is 11.6 Å². The van der Waals surface area contributed by atoms with Crippen LogP contribution in [0.2, 0.25) is 5.02 Å². The Labute approximate surface area is 95.9 Å². The minimum Gasteiger partial charge on any atom is -0.479 e. The van der Waals surface area contributed by atoms with Gasteiger partial charge < -0.3 is 15.5 Å². The highest BCUT2D eigenvalue weighted by Gasteiger charge is 2.16. The van der Waals surface area contributed by atoms with Crippen molar-refractivity contribution in [2.75, 3.05) is 6.54 Å². The Kier molecular flexibility index (Phi) is 4.21. The highest BCUT2D eigenvalue weighted by atomic mass is 35.5. The van der Waals surface area contributed by atoms with E-state index in [1.807, 2.05) is 0 Å². The Hall–Kier alpha value is -1.66. The average molecular weight is 245 g/mol. The van der Waals surface area contributed by atoms with Gasteiger partial charge in [0.2, 0.25) is 0 Å². The number of aliphatic carboxylic acids is 1. The third kappa shape index (κ3) is 3.18. The van der Waals surface area contributed by atoms with Gasteiger partial charge in [-0.3, -0.25) is 9.78 Å². The molecule has 0 spiro atoms. The minimum absolute atomic E-state index is 0.127. The predicted molar refractivity (Wildman–Crippen MR) is 55.2 cm³/mol. The second-order valence-corrected chi connectivity index (χ2v) is 3.33. The second kappa shape index (κ2) is 5.43. The number of nitrogens with zero attached hydrogens (tertiary/aromatic N) is 1. The van der Waals surface area contributed by atoms with E-state index in [-0.39, 0.29) is 17.1 Å². The smallest absolute Gasteiger partial charge is 0.334 e. The largest absolute Gasteiger partial charge is 0.479 e. The molecule has 1 amide bonds. The number of aliphatic hydroxyl groups excluding tert-OH is 1. The number of nitrogens with one attached hydrogen (secondary N) is 1. The lowest BCUT2D eigenvalue weighted by atomic mass is 10.2. The van der Waals surface area contributed by atoms with Gasteiger partial charge in [0.15, 0.2) is 6.10 Å². The highest BCUT2D eigenvalue weighted by Crippen LogP contribution is 2.12. The quantitative estimate of drug-likeness (QED) is 0.687. The molecule has 0 radical (unpaired) electrons. The first kappa shape index (κ1) is 12.4. The van der Waals surface area contributed by atoms with Crippen LogP contribution in [0.3, 0.4) is 0 Å². The van der Waals surface area contributed by atoms with Gasteiger partial charge in [-0.1, -0.05) is 11.6 Å². The van der Waals surface area contributed by atoms with Gasteiger partial charge in [0.05, 0.1) is 17.1 Å². The summed E-state index contributed by atoms with van der Waals surface area (Å²) in [5, 5.41) is 19.7. The van der Waals surface area contributed by atoms with Crippen molar-refractivity contribution in [1.82, 2.24) is 10.3 Å². The van der Waals surface area contributed by atoms with Crippen molar-refractivity contribution in [1.29, 1.82) is 0 Å². The number of halogens is 1. The van der Waals surface area contributed by atoms with Crippen LogP contribution in [-0.2, 0) is 4.79 Å². The maximum Gasteiger partial charge on any atom is 0.334 e. The molecule has 0 aliphatic rings. The molecule has 16 heavy (non-hydrogen) atoms. The number of aromatic nitrogens is 1. The van der Waals surface area contributed by atoms with Gasteiger partial charge in [-0.25, -0.2) is 4.79 Å². The van der Waals surface area contributed by atoms with E-state index in [9.17, 15) is 9.59 Å². The van der Waals surface area contributed by atoms with Gasteiger partial charge in [0, 0.05) is 12.4 Å². The van der Waals surface area contributed by atoms with Gasteiger partial charge in [-0.2, -0.15) is 0 Å². The lowest BCUT2D eigenvalue weighted by Crippen LogP contribution is -2.36. The van der Waals surface area contributed by atoms with Crippen molar-refractivity contribution in [3.8, 4) is 0 Å². The van der Waals surface area contributed by atoms with Crippen LogP contribution in [0.4, 0.5) is 0 Å². The van der Waals surface area contributed by atoms with Crippen LogP contribution < -0.4 is 5.32 Å². The van der Waals surface area contributed by atoms with Crippen LogP contribution in [0.25, 0.3) is 0 Å². The van der Waals surface area contributed by atoms with E-state index >= 15 is 0 Å². The molecule has 1 aromatic rings. The fourth-order valence-electron chi connectivity index (χ4n) is 0.916. The molecule has 7 heteroatoms. The number of carboxylic acid groups (broad SMARTS) is 1. The number of pyridine rings is 1. The zero-order valence-electron chi connectivity index (χ0n) is 8.05. The summed E-state index contributed by atoms with van der Waals surface area (Å²) in [5.74, 6) is -1.99. The first-order valence-corrected chi connectivity index (χ1v) is 4.68. The van der Waals surface area contributed by atoms with Crippen molar-refractivity contribution >= 4 is 23.5 Å². The van der Waals surface area contributed by atoms with Crippen LogP contribution in [-0.4, -0.2) is 39.7 Å². The lowest BCUT2D eigenvalue weighted by molar-refractivity contribution is -0.146. The summed E-state index contributed by atoms with van der Waals surface area (Å²) in [6.45, 7) is -0.389. The summed E-state index contributed by atoms with van der Waals surface area (Å²) in [5.41, 5.74) is 0.127. The normalized spacial score (nSPS) is 11.9. The molecule has 0 saturated carbocycles. The molecule has 6 nitrogen and oxygen atoms in total. The summed E-state index contributed by atoms with van der Waals surface area (Å²) in [7, 11) is 0. The standard InChI is InChI=1S/C9H9ClN2O4/c10-6-1-2-11-3-5(6)8(14)12-4-7(13)9(15)16/h1-3,7,13H,4H2,(H,12,14)(H,15,16). The first-order valence-electron chi connectivity index (χ1n) is 4.31. The van der Waals surface area contributed by atoms with Crippen molar-refractivity contribution < 1.29 is 19.8 Å². The van der Waals surface area contributed by atoms with E-state index in [2.05, 4.69) is 10.3 Å². The molecule has 3 N–H and O–H groups in total. The maximum atomic E-state index is 11.5. The van der Waals surface area contributed by atoms with Crippen LogP contribution in [0.5, 0.6) is 0 Å². The van der Waals surface area contributed by atoms with Gasteiger partial charge in [-0.05, 0) is 6.07 Å². The number of carboxylic acids is 1.